The molecule has 1 fully saturated rings. The van der Waals surface area contributed by atoms with E-state index in [1.165, 1.54) is 4.90 Å². The maximum atomic E-state index is 12.6. The summed E-state index contributed by atoms with van der Waals surface area (Å²) >= 11 is 0. The second-order valence-corrected chi connectivity index (χ2v) is 5.51. The lowest BCUT2D eigenvalue weighted by Crippen LogP contribution is -2.52. The van der Waals surface area contributed by atoms with Crippen LogP contribution in [0.1, 0.15) is 21.7 Å². The van der Waals surface area contributed by atoms with Crippen LogP contribution in [0.2, 0.25) is 0 Å². The first kappa shape index (κ1) is 14.6. The SMILES string of the molecule is Cc1cc2cc(C(=O)N3CCOC[C@@H]3C(=O)O)oc2cc1C. The summed E-state index contributed by atoms with van der Waals surface area (Å²) in [7, 11) is 0. The third-order valence-electron chi connectivity index (χ3n) is 4.02. The molecule has 0 aliphatic carbocycles. The lowest BCUT2D eigenvalue weighted by molar-refractivity contribution is -0.147. The molecule has 0 radical (unpaired) electrons. The maximum absolute atomic E-state index is 12.6. The Hall–Kier alpha value is -2.34. The summed E-state index contributed by atoms with van der Waals surface area (Å²) in [6, 6.07) is 4.53. The Bertz CT molecular complexity index is 709. The number of amides is 1. The molecule has 2 aromatic rings. The highest BCUT2D eigenvalue weighted by molar-refractivity contribution is 5.98. The first-order valence-corrected chi connectivity index (χ1v) is 7.09. The molecule has 1 aromatic heterocycles. The summed E-state index contributed by atoms with van der Waals surface area (Å²) in [4.78, 5) is 25.1. The number of carboxylic acid groups (broad SMARTS) is 1. The molecular weight excluding hydrogens is 286 g/mol. The molecule has 6 nitrogen and oxygen atoms in total. The number of morpholine rings is 1. The fourth-order valence-electron chi connectivity index (χ4n) is 2.60. The zero-order valence-electron chi connectivity index (χ0n) is 12.5. The molecule has 2 heterocycles. The van der Waals surface area contributed by atoms with Crippen LogP contribution in [0.3, 0.4) is 0 Å². The van der Waals surface area contributed by atoms with E-state index in [4.69, 9.17) is 9.15 Å². The Morgan fingerprint density at radius 2 is 1.95 bits per heavy atom. The average Bonchev–Trinajstić information content (AvgIpc) is 2.89. The Morgan fingerprint density at radius 1 is 1.23 bits per heavy atom. The molecule has 1 N–H and O–H groups in total. The highest BCUT2D eigenvalue weighted by atomic mass is 16.5. The predicted molar refractivity (Wildman–Crippen MR) is 79.0 cm³/mol. The van der Waals surface area contributed by atoms with E-state index < -0.39 is 17.9 Å². The van der Waals surface area contributed by atoms with E-state index in [0.717, 1.165) is 16.5 Å². The van der Waals surface area contributed by atoms with Crippen LogP contribution in [0.4, 0.5) is 0 Å². The van der Waals surface area contributed by atoms with Crippen molar-refractivity contribution < 1.29 is 23.8 Å². The number of nitrogens with zero attached hydrogens (tertiary/aromatic N) is 1. The predicted octanol–water partition coefficient (Wildman–Crippen LogP) is 1.98. The van der Waals surface area contributed by atoms with Gasteiger partial charge in [0.05, 0.1) is 13.2 Å². The molecular formula is C16H17NO5. The largest absolute Gasteiger partial charge is 0.480 e. The van der Waals surface area contributed by atoms with Crippen LogP contribution in [0.15, 0.2) is 22.6 Å². The molecule has 1 aromatic carbocycles. The van der Waals surface area contributed by atoms with Gasteiger partial charge in [-0.3, -0.25) is 4.79 Å². The third-order valence-corrected chi connectivity index (χ3v) is 4.02. The van der Waals surface area contributed by atoms with Gasteiger partial charge in [0, 0.05) is 11.9 Å². The number of benzene rings is 1. The number of carbonyl (C=O) groups is 2. The number of ether oxygens (including phenoxy) is 1. The zero-order valence-corrected chi connectivity index (χ0v) is 12.5. The van der Waals surface area contributed by atoms with Gasteiger partial charge in [-0.05, 0) is 43.2 Å². The molecule has 3 rings (SSSR count). The van der Waals surface area contributed by atoms with Crippen molar-refractivity contribution in [2.75, 3.05) is 19.8 Å². The summed E-state index contributed by atoms with van der Waals surface area (Å²) in [6.07, 6.45) is 0. The van der Waals surface area contributed by atoms with Gasteiger partial charge < -0.3 is 19.2 Å². The monoisotopic (exact) mass is 303 g/mol. The van der Waals surface area contributed by atoms with Crippen molar-refractivity contribution in [1.29, 1.82) is 0 Å². The van der Waals surface area contributed by atoms with Gasteiger partial charge in [0.25, 0.3) is 5.91 Å². The van der Waals surface area contributed by atoms with Crippen molar-refractivity contribution in [3.05, 3.63) is 35.1 Å². The number of carbonyl (C=O) groups excluding carboxylic acids is 1. The molecule has 0 bridgehead atoms. The highest BCUT2D eigenvalue weighted by Gasteiger charge is 2.34. The van der Waals surface area contributed by atoms with Crippen molar-refractivity contribution >= 4 is 22.8 Å². The van der Waals surface area contributed by atoms with Crippen LogP contribution in [0.25, 0.3) is 11.0 Å². The lowest BCUT2D eigenvalue weighted by Gasteiger charge is -2.32. The molecule has 1 aliphatic rings. The molecule has 1 amide bonds. The Balaban J connectivity index is 1.95. The van der Waals surface area contributed by atoms with E-state index in [0.29, 0.717) is 12.2 Å². The average molecular weight is 303 g/mol. The van der Waals surface area contributed by atoms with Gasteiger partial charge in [-0.25, -0.2) is 4.79 Å². The number of rotatable bonds is 2. The molecule has 116 valence electrons. The molecule has 0 saturated carbocycles. The van der Waals surface area contributed by atoms with Crippen LogP contribution < -0.4 is 0 Å². The number of furan rings is 1. The van der Waals surface area contributed by atoms with E-state index in [1.807, 2.05) is 26.0 Å². The van der Waals surface area contributed by atoms with Gasteiger partial charge in [-0.15, -0.1) is 0 Å². The van der Waals surface area contributed by atoms with Gasteiger partial charge in [-0.1, -0.05) is 0 Å². The number of carboxylic acids is 1. The molecule has 1 saturated heterocycles. The summed E-state index contributed by atoms with van der Waals surface area (Å²) < 4.78 is 10.8. The number of hydrogen-bond acceptors (Lipinski definition) is 4. The van der Waals surface area contributed by atoms with E-state index >= 15 is 0 Å². The smallest absolute Gasteiger partial charge is 0.328 e. The van der Waals surface area contributed by atoms with E-state index in [-0.39, 0.29) is 18.9 Å². The lowest BCUT2D eigenvalue weighted by atomic mass is 10.1. The van der Waals surface area contributed by atoms with E-state index in [1.54, 1.807) is 6.07 Å². The second kappa shape index (κ2) is 5.46. The second-order valence-electron chi connectivity index (χ2n) is 5.51. The first-order valence-electron chi connectivity index (χ1n) is 7.09. The molecule has 22 heavy (non-hydrogen) atoms. The maximum Gasteiger partial charge on any atom is 0.328 e. The quantitative estimate of drug-likeness (QED) is 0.917. The minimum Gasteiger partial charge on any atom is -0.480 e. The van der Waals surface area contributed by atoms with Gasteiger partial charge in [0.2, 0.25) is 0 Å². The van der Waals surface area contributed by atoms with Gasteiger partial charge in [-0.2, -0.15) is 0 Å². The third kappa shape index (κ3) is 2.46. The molecule has 0 spiro atoms. The number of aryl methyl sites for hydroxylation is 2. The van der Waals surface area contributed by atoms with Gasteiger partial charge >= 0.3 is 5.97 Å². The van der Waals surface area contributed by atoms with Gasteiger partial charge in [0.15, 0.2) is 11.8 Å². The van der Waals surface area contributed by atoms with Crippen LogP contribution in [-0.2, 0) is 9.53 Å². The molecule has 1 aliphatic heterocycles. The minimum absolute atomic E-state index is 0.000478. The minimum atomic E-state index is -1.07. The molecule has 1 atom stereocenters. The summed E-state index contributed by atoms with van der Waals surface area (Å²) in [5.41, 5.74) is 2.82. The van der Waals surface area contributed by atoms with Crippen LogP contribution in [0, 0.1) is 13.8 Å². The van der Waals surface area contributed by atoms with Crippen molar-refractivity contribution in [3.8, 4) is 0 Å². The first-order chi connectivity index (χ1) is 10.5. The van der Waals surface area contributed by atoms with Crippen molar-refractivity contribution in [2.45, 2.75) is 19.9 Å². The van der Waals surface area contributed by atoms with Crippen molar-refractivity contribution in [3.63, 3.8) is 0 Å². The summed E-state index contributed by atoms with van der Waals surface area (Å²) in [6.45, 7) is 4.53. The number of aliphatic carboxylic acids is 1. The Kier molecular flexibility index (Phi) is 3.62. The highest BCUT2D eigenvalue weighted by Crippen LogP contribution is 2.25. The van der Waals surface area contributed by atoms with Crippen LogP contribution in [0.5, 0.6) is 0 Å². The standard InChI is InChI=1S/C16H17NO5/c1-9-5-11-7-14(22-13(11)6-10(9)2)15(18)17-3-4-21-8-12(17)16(19)20/h5-7,12H,3-4,8H2,1-2H3,(H,19,20)/t12-/m1/s1. The van der Waals surface area contributed by atoms with Crippen molar-refractivity contribution in [1.82, 2.24) is 4.90 Å². The number of hydrogen-bond donors (Lipinski definition) is 1. The van der Waals surface area contributed by atoms with E-state index in [9.17, 15) is 14.7 Å². The van der Waals surface area contributed by atoms with Gasteiger partial charge in [0.1, 0.15) is 5.58 Å². The van der Waals surface area contributed by atoms with E-state index in [2.05, 4.69) is 0 Å². The fourth-order valence-corrected chi connectivity index (χ4v) is 2.60. The van der Waals surface area contributed by atoms with Crippen LogP contribution >= 0.6 is 0 Å². The van der Waals surface area contributed by atoms with Crippen molar-refractivity contribution in [2.24, 2.45) is 0 Å². The summed E-state index contributed by atoms with van der Waals surface area (Å²) in [5, 5.41) is 10.1. The summed E-state index contributed by atoms with van der Waals surface area (Å²) in [5.74, 6) is -1.33. The normalized spacial score (nSPS) is 18.6. The molecule has 0 unspecified atom stereocenters. The molecule has 6 heteroatoms. The zero-order chi connectivity index (χ0) is 15.9. The fraction of sp³-hybridized carbons (Fsp3) is 0.375. The van der Waals surface area contributed by atoms with Crippen LogP contribution in [-0.4, -0.2) is 47.7 Å². The topological polar surface area (TPSA) is 80.0 Å². The number of fused-ring (bicyclic) bond motifs is 1. The Labute approximate surface area is 127 Å². The Morgan fingerprint density at radius 3 is 2.68 bits per heavy atom.